The maximum atomic E-state index is 12.1. The number of rotatable bonds is 2. The number of amides is 1. The summed E-state index contributed by atoms with van der Waals surface area (Å²) < 4.78 is 0. The first-order valence-electron chi connectivity index (χ1n) is 5.41. The summed E-state index contributed by atoms with van der Waals surface area (Å²) in [5.41, 5.74) is 1.32. The van der Waals surface area contributed by atoms with E-state index in [4.69, 9.17) is 5.11 Å². The molecule has 0 spiro atoms. The summed E-state index contributed by atoms with van der Waals surface area (Å²) in [6, 6.07) is 1.56. The quantitative estimate of drug-likeness (QED) is 0.760. The maximum Gasteiger partial charge on any atom is 0.257 e. The van der Waals surface area contributed by atoms with Crippen LogP contribution in [0.15, 0.2) is 37.2 Å². The molecular formula is C13H10N4O2. The van der Waals surface area contributed by atoms with Crippen molar-refractivity contribution in [2.75, 3.05) is 11.9 Å². The lowest BCUT2D eigenvalue weighted by atomic mass is 10.1. The molecule has 2 N–H and O–H groups in total. The molecule has 0 aliphatic heterocycles. The predicted octanol–water partition coefficient (Wildman–Crippen LogP) is 0.468. The fourth-order valence-corrected chi connectivity index (χ4v) is 1.39. The van der Waals surface area contributed by atoms with Gasteiger partial charge in [-0.1, -0.05) is 11.8 Å². The highest BCUT2D eigenvalue weighted by molar-refractivity contribution is 6.05. The minimum absolute atomic E-state index is 0.275. The van der Waals surface area contributed by atoms with Crippen molar-refractivity contribution in [3.8, 4) is 11.8 Å². The lowest BCUT2D eigenvalue weighted by Gasteiger charge is -2.05. The molecule has 6 heteroatoms. The molecule has 0 aromatic carbocycles. The maximum absolute atomic E-state index is 12.1. The van der Waals surface area contributed by atoms with Gasteiger partial charge in [-0.3, -0.25) is 9.78 Å². The molecule has 0 radical (unpaired) electrons. The third kappa shape index (κ3) is 3.34. The topological polar surface area (TPSA) is 88.0 Å². The van der Waals surface area contributed by atoms with Crippen molar-refractivity contribution in [2.24, 2.45) is 0 Å². The number of aromatic nitrogens is 3. The van der Waals surface area contributed by atoms with Crippen LogP contribution >= 0.6 is 0 Å². The average Bonchev–Trinajstić information content (AvgIpc) is 2.46. The van der Waals surface area contributed by atoms with Gasteiger partial charge < -0.3 is 10.4 Å². The van der Waals surface area contributed by atoms with Crippen LogP contribution in [0.25, 0.3) is 0 Å². The Labute approximate surface area is 109 Å². The summed E-state index contributed by atoms with van der Waals surface area (Å²) in [5, 5.41) is 11.3. The Morgan fingerprint density at radius 3 is 2.79 bits per heavy atom. The lowest BCUT2D eigenvalue weighted by Crippen LogP contribution is -2.14. The fraction of sp³-hybridized carbons (Fsp3) is 0.0769. The zero-order valence-corrected chi connectivity index (χ0v) is 9.87. The van der Waals surface area contributed by atoms with Gasteiger partial charge in [0.1, 0.15) is 12.9 Å². The molecule has 0 bridgehead atoms. The Balaban J connectivity index is 2.24. The molecule has 0 saturated heterocycles. The number of hydrogen-bond donors (Lipinski definition) is 2. The van der Waals surface area contributed by atoms with Crippen LogP contribution in [0.1, 0.15) is 15.9 Å². The Hall–Kier alpha value is -2.78. The minimum atomic E-state index is -0.334. The van der Waals surface area contributed by atoms with E-state index in [0.29, 0.717) is 16.8 Å². The van der Waals surface area contributed by atoms with Gasteiger partial charge in [0.15, 0.2) is 0 Å². The molecule has 94 valence electrons. The molecule has 2 rings (SSSR count). The van der Waals surface area contributed by atoms with Crippen LogP contribution in [0.3, 0.4) is 0 Å². The first-order chi connectivity index (χ1) is 9.31. The molecule has 2 heterocycles. The first-order valence-corrected chi connectivity index (χ1v) is 5.41. The fourth-order valence-electron chi connectivity index (χ4n) is 1.39. The molecule has 0 unspecified atom stereocenters. The van der Waals surface area contributed by atoms with Gasteiger partial charge in [-0.25, -0.2) is 9.97 Å². The third-order valence-electron chi connectivity index (χ3n) is 2.19. The summed E-state index contributed by atoms with van der Waals surface area (Å²) >= 11 is 0. The molecule has 19 heavy (non-hydrogen) atoms. The van der Waals surface area contributed by atoms with E-state index in [2.05, 4.69) is 32.1 Å². The highest BCUT2D eigenvalue weighted by Gasteiger charge is 2.10. The predicted molar refractivity (Wildman–Crippen MR) is 68.2 cm³/mol. The summed E-state index contributed by atoms with van der Waals surface area (Å²) in [5.74, 6) is 4.83. The molecule has 2 aromatic heterocycles. The van der Waals surface area contributed by atoms with Crippen LogP contribution < -0.4 is 5.32 Å². The van der Waals surface area contributed by atoms with E-state index >= 15 is 0 Å². The Kier molecular flexibility index (Phi) is 4.16. The van der Waals surface area contributed by atoms with Gasteiger partial charge in [-0.15, -0.1) is 0 Å². The molecule has 1 amide bonds. The zero-order chi connectivity index (χ0) is 13.5. The number of nitrogens with zero attached hydrogens (tertiary/aromatic N) is 3. The van der Waals surface area contributed by atoms with E-state index in [-0.39, 0.29) is 12.5 Å². The second kappa shape index (κ2) is 6.23. The van der Waals surface area contributed by atoms with Crippen LogP contribution in [0, 0.1) is 11.8 Å². The van der Waals surface area contributed by atoms with Crippen LogP contribution in [-0.2, 0) is 0 Å². The number of pyridine rings is 1. The molecule has 0 aliphatic carbocycles. The highest BCUT2D eigenvalue weighted by atomic mass is 16.2. The smallest absolute Gasteiger partial charge is 0.257 e. The SMILES string of the molecule is O=C(Nc1cncnc1)c1ccncc1C#CCO. The molecule has 0 aliphatic rings. The second-order valence-corrected chi connectivity index (χ2v) is 3.46. The van der Waals surface area contributed by atoms with Gasteiger partial charge in [0, 0.05) is 12.4 Å². The van der Waals surface area contributed by atoms with Crippen LogP contribution in [0.4, 0.5) is 5.69 Å². The zero-order valence-electron chi connectivity index (χ0n) is 9.87. The number of aliphatic hydroxyl groups excluding tert-OH is 1. The summed E-state index contributed by atoms with van der Waals surface area (Å²) in [6.07, 6.45) is 7.33. The van der Waals surface area contributed by atoms with E-state index in [1.165, 1.54) is 31.1 Å². The number of carbonyl (C=O) groups excluding carboxylic acids is 1. The van der Waals surface area contributed by atoms with Gasteiger partial charge in [0.25, 0.3) is 5.91 Å². The van der Waals surface area contributed by atoms with E-state index in [0.717, 1.165) is 0 Å². The van der Waals surface area contributed by atoms with Gasteiger partial charge in [-0.2, -0.15) is 0 Å². The Morgan fingerprint density at radius 2 is 2.05 bits per heavy atom. The van der Waals surface area contributed by atoms with E-state index in [1.807, 2.05) is 0 Å². The van der Waals surface area contributed by atoms with Crippen LogP contribution in [0.2, 0.25) is 0 Å². The van der Waals surface area contributed by atoms with E-state index in [9.17, 15) is 4.79 Å². The molecule has 6 nitrogen and oxygen atoms in total. The molecule has 0 saturated carbocycles. The van der Waals surface area contributed by atoms with Crippen molar-refractivity contribution in [3.63, 3.8) is 0 Å². The van der Waals surface area contributed by atoms with Crippen LogP contribution in [-0.4, -0.2) is 32.6 Å². The largest absolute Gasteiger partial charge is 0.384 e. The highest BCUT2D eigenvalue weighted by Crippen LogP contribution is 2.09. The van der Waals surface area contributed by atoms with Crippen molar-refractivity contribution >= 4 is 11.6 Å². The Morgan fingerprint density at radius 1 is 1.26 bits per heavy atom. The second-order valence-electron chi connectivity index (χ2n) is 3.46. The minimum Gasteiger partial charge on any atom is -0.384 e. The van der Waals surface area contributed by atoms with Crippen molar-refractivity contribution in [3.05, 3.63) is 48.3 Å². The monoisotopic (exact) mass is 254 g/mol. The summed E-state index contributed by atoms with van der Waals surface area (Å²) in [4.78, 5) is 23.6. The summed E-state index contributed by atoms with van der Waals surface area (Å²) in [7, 11) is 0. The van der Waals surface area contributed by atoms with Gasteiger partial charge in [0.05, 0.1) is 29.2 Å². The lowest BCUT2D eigenvalue weighted by molar-refractivity contribution is 0.102. The van der Waals surface area contributed by atoms with Gasteiger partial charge in [0.2, 0.25) is 0 Å². The Bertz CT molecular complexity index is 632. The summed E-state index contributed by atoms with van der Waals surface area (Å²) in [6.45, 7) is -0.275. The molecular weight excluding hydrogens is 244 g/mol. The molecule has 0 atom stereocenters. The molecule has 0 fully saturated rings. The number of hydrogen-bond acceptors (Lipinski definition) is 5. The van der Waals surface area contributed by atoms with E-state index in [1.54, 1.807) is 6.07 Å². The van der Waals surface area contributed by atoms with Crippen molar-refractivity contribution in [1.29, 1.82) is 0 Å². The standard InChI is InChI=1S/C13H10N4O2/c18-5-1-2-10-6-14-4-3-12(10)13(19)17-11-7-15-9-16-8-11/h3-4,6-9,18H,5H2,(H,17,19). The third-order valence-corrected chi connectivity index (χ3v) is 2.19. The number of carbonyl (C=O) groups is 1. The van der Waals surface area contributed by atoms with Crippen molar-refractivity contribution in [2.45, 2.75) is 0 Å². The van der Waals surface area contributed by atoms with E-state index < -0.39 is 0 Å². The normalized spacial score (nSPS) is 9.32. The van der Waals surface area contributed by atoms with Crippen molar-refractivity contribution < 1.29 is 9.90 Å². The first kappa shape index (κ1) is 12.7. The van der Waals surface area contributed by atoms with Gasteiger partial charge >= 0.3 is 0 Å². The van der Waals surface area contributed by atoms with Gasteiger partial charge in [-0.05, 0) is 6.07 Å². The average molecular weight is 254 g/mol. The molecule has 2 aromatic rings. The number of aliphatic hydroxyl groups is 1. The number of anilines is 1. The van der Waals surface area contributed by atoms with Crippen LogP contribution in [0.5, 0.6) is 0 Å². The van der Waals surface area contributed by atoms with Crippen molar-refractivity contribution in [1.82, 2.24) is 15.0 Å². The number of nitrogens with one attached hydrogen (secondary N) is 1.